The molecule has 0 aliphatic carbocycles. The number of hydrogen-bond acceptors (Lipinski definition) is 3. The lowest BCUT2D eigenvalue weighted by Gasteiger charge is -2.11. The third-order valence-corrected chi connectivity index (χ3v) is 4.16. The summed E-state index contributed by atoms with van der Waals surface area (Å²) in [7, 11) is 0. The second kappa shape index (κ2) is 8.12. The van der Waals surface area contributed by atoms with E-state index in [4.69, 9.17) is 4.74 Å². The Kier molecular flexibility index (Phi) is 6.48. The molecule has 0 fully saturated rings. The number of ether oxygens (including phenoxy) is 1. The van der Waals surface area contributed by atoms with E-state index in [1.165, 1.54) is 0 Å². The number of benzene rings is 1. The van der Waals surface area contributed by atoms with Crippen molar-refractivity contribution in [2.24, 2.45) is 0 Å². The van der Waals surface area contributed by atoms with Crippen LogP contribution >= 0.6 is 47.8 Å². The molecule has 0 bridgehead atoms. The number of halogens is 3. The SMILES string of the molecule is Brc1cc(Br)c(OCCNCc2ccccn2)c(Br)c1. The number of hydrogen-bond donors (Lipinski definition) is 1. The maximum atomic E-state index is 5.76. The van der Waals surface area contributed by atoms with Gasteiger partial charge >= 0.3 is 0 Å². The number of aromatic nitrogens is 1. The van der Waals surface area contributed by atoms with Gasteiger partial charge in [-0.25, -0.2) is 0 Å². The van der Waals surface area contributed by atoms with Gasteiger partial charge in [0, 0.05) is 23.8 Å². The summed E-state index contributed by atoms with van der Waals surface area (Å²) >= 11 is 10.4. The van der Waals surface area contributed by atoms with Gasteiger partial charge in [-0.2, -0.15) is 0 Å². The van der Waals surface area contributed by atoms with E-state index in [1.807, 2.05) is 30.3 Å². The molecule has 0 atom stereocenters. The van der Waals surface area contributed by atoms with Gasteiger partial charge in [-0.3, -0.25) is 4.98 Å². The molecule has 1 aromatic carbocycles. The third-order valence-electron chi connectivity index (χ3n) is 2.52. The first-order chi connectivity index (χ1) is 9.66. The molecule has 0 saturated carbocycles. The van der Waals surface area contributed by atoms with Crippen LogP contribution in [-0.2, 0) is 6.54 Å². The molecule has 0 saturated heterocycles. The van der Waals surface area contributed by atoms with Crippen LogP contribution in [0.15, 0.2) is 49.9 Å². The van der Waals surface area contributed by atoms with Gasteiger partial charge in [-0.1, -0.05) is 22.0 Å². The zero-order chi connectivity index (χ0) is 14.4. The van der Waals surface area contributed by atoms with Crippen molar-refractivity contribution in [1.29, 1.82) is 0 Å². The van der Waals surface area contributed by atoms with E-state index in [0.717, 1.165) is 38.0 Å². The van der Waals surface area contributed by atoms with Crippen molar-refractivity contribution in [1.82, 2.24) is 10.3 Å². The number of nitrogens with one attached hydrogen (secondary N) is 1. The van der Waals surface area contributed by atoms with E-state index < -0.39 is 0 Å². The standard InChI is InChI=1S/C14H13Br3N2O/c15-10-7-12(16)14(13(17)8-10)20-6-5-18-9-11-3-1-2-4-19-11/h1-4,7-8,18H,5-6,9H2. The highest BCUT2D eigenvalue weighted by molar-refractivity contribution is 9.11. The Bertz CT molecular complexity index is 541. The molecule has 0 spiro atoms. The molecule has 1 N–H and O–H groups in total. The van der Waals surface area contributed by atoms with Gasteiger partial charge in [0.1, 0.15) is 12.4 Å². The van der Waals surface area contributed by atoms with Gasteiger partial charge in [0.05, 0.1) is 14.6 Å². The van der Waals surface area contributed by atoms with Crippen molar-refractivity contribution in [2.75, 3.05) is 13.2 Å². The third kappa shape index (κ3) is 4.84. The topological polar surface area (TPSA) is 34.1 Å². The van der Waals surface area contributed by atoms with Crippen LogP contribution in [0.1, 0.15) is 5.69 Å². The van der Waals surface area contributed by atoms with Crippen LogP contribution in [-0.4, -0.2) is 18.1 Å². The van der Waals surface area contributed by atoms with Gasteiger partial charge in [0.2, 0.25) is 0 Å². The van der Waals surface area contributed by atoms with Gasteiger partial charge < -0.3 is 10.1 Å². The number of pyridine rings is 1. The Balaban J connectivity index is 1.76. The van der Waals surface area contributed by atoms with Crippen LogP contribution < -0.4 is 10.1 Å². The fourth-order valence-corrected chi connectivity index (χ4v) is 4.10. The Morgan fingerprint density at radius 3 is 2.50 bits per heavy atom. The highest BCUT2D eigenvalue weighted by atomic mass is 79.9. The molecule has 0 unspecified atom stereocenters. The van der Waals surface area contributed by atoms with Crippen molar-refractivity contribution in [3.63, 3.8) is 0 Å². The quantitative estimate of drug-likeness (QED) is 0.637. The molecule has 2 aromatic rings. The van der Waals surface area contributed by atoms with Crippen LogP contribution in [0.3, 0.4) is 0 Å². The summed E-state index contributed by atoms with van der Waals surface area (Å²) in [5.74, 6) is 0.813. The van der Waals surface area contributed by atoms with E-state index in [-0.39, 0.29) is 0 Å². The van der Waals surface area contributed by atoms with Gasteiger partial charge in [0.15, 0.2) is 0 Å². The van der Waals surface area contributed by atoms with Crippen molar-refractivity contribution >= 4 is 47.8 Å². The van der Waals surface area contributed by atoms with Crippen molar-refractivity contribution in [2.45, 2.75) is 6.54 Å². The Morgan fingerprint density at radius 1 is 1.10 bits per heavy atom. The van der Waals surface area contributed by atoms with E-state index in [0.29, 0.717) is 6.61 Å². The summed E-state index contributed by atoms with van der Waals surface area (Å²) in [6.07, 6.45) is 1.80. The summed E-state index contributed by atoms with van der Waals surface area (Å²) in [6.45, 7) is 2.09. The monoisotopic (exact) mass is 462 g/mol. The zero-order valence-electron chi connectivity index (χ0n) is 10.6. The Hall–Kier alpha value is -0.430. The van der Waals surface area contributed by atoms with Crippen LogP contribution in [0.4, 0.5) is 0 Å². The van der Waals surface area contributed by atoms with Crippen molar-refractivity contribution < 1.29 is 4.74 Å². The lowest BCUT2D eigenvalue weighted by atomic mass is 10.3. The lowest BCUT2D eigenvalue weighted by Crippen LogP contribution is -2.21. The minimum atomic E-state index is 0.589. The second-order valence-electron chi connectivity index (χ2n) is 4.04. The van der Waals surface area contributed by atoms with E-state index >= 15 is 0 Å². The van der Waals surface area contributed by atoms with E-state index in [2.05, 4.69) is 58.1 Å². The summed E-state index contributed by atoms with van der Waals surface area (Å²) in [5.41, 5.74) is 1.03. The van der Waals surface area contributed by atoms with Crippen molar-refractivity contribution in [3.05, 3.63) is 55.6 Å². The highest BCUT2D eigenvalue weighted by Crippen LogP contribution is 2.36. The molecular formula is C14H13Br3N2O. The summed E-state index contributed by atoms with van der Waals surface area (Å²) in [5, 5.41) is 3.29. The Labute approximate surface area is 143 Å². The maximum Gasteiger partial charge on any atom is 0.147 e. The molecule has 6 heteroatoms. The van der Waals surface area contributed by atoms with Crippen molar-refractivity contribution in [3.8, 4) is 5.75 Å². The Morgan fingerprint density at radius 2 is 1.85 bits per heavy atom. The fraction of sp³-hybridized carbons (Fsp3) is 0.214. The molecule has 0 amide bonds. The van der Waals surface area contributed by atoms with Crippen LogP contribution in [0, 0.1) is 0 Å². The molecule has 0 aliphatic rings. The molecular weight excluding hydrogens is 452 g/mol. The minimum Gasteiger partial charge on any atom is -0.490 e. The first-order valence-corrected chi connectivity index (χ1v) is 8.42. The first-order valence-electron chi connectivity index (χ1n) is 6.05. The lowest BCUT2D eigenvalue weighted by molar-refractivity contribution is 0.309. The average molecular weight is 465 g/mol. The zero-order valence-corrected chi connectivity index (χ0v) is 15.3. The van der Waals surface area contributed by atoms with E-state index in [9.17, 15) is 0 Å². The first kappa shape index (κ1) is 15.9. The summed E-state index contributed by atoms with van der Waals surface area (Å²) < 4.78 is 8.60. The molecule has 1 aromatic heterocycles. The molecule has 20 heavy (non-hydrogen) atoms. The summed E-state index contributed by atoms with van der Waals surface area (Å²) in [6, 6.07) is 9.81. The average Bonchev–Trinajstić information content (AvgIpc) is 2.42. The molecule has 1 heterocycles. The fourth-order valence-electron chi connectivity index (χ4n) is 1.61. The molecule has 3 nitrogen and oxygen atoms in total. The predicted molar refractivity (Wildman–Crippen MR) is 91.0 cm³/mol. The van der Waals surface area contributed by atoms with Gasteiger partial charge in [0.25, 0.3) is 0 Å². The van der Waals surface area contributed by atoms with Crippen LogP contribution in [0.5, 0.6) is 5.75 Å². The molecule has 106 valence electrons. The minimum absolute atomic E-state index is 0.589. The maximum absolute atomic E-state index is 5.76. The second-order valence-corrected chi connectivity index (χ2v) is 6.67. The smallest absolute Gasteiger partial charge is 0.147 e. The van der Waals surface area contributed by atoms with Crippen LogP contribution in [0.2, 0.25) is 0 Å². The largest absolute Gasteiger partial charge is 0.490 e. The van der Waals surface area contributed by atoms with Gasteiger partial charge in [-0.15, -0.1) is 0 Å². The number of nitrogens with zero attached hydrogens (tertiary/aromatic N) is 1. The van der Waals surface area contributed by atoms with Gasteiger partial charge in [-0.05, 0) is 56.1 Å². The number of rotatable bonds is 6. The highest BCUT2D eigenvalue weighted by Gasteiger charge is 2.07. The molecule has 0 aliphatic heterocycles. The molecule has 0 radical (unpaired) electrons. The predicted octanol–water partition coefficient (Wildman–Crippen LogP) is 4.54. The van der Waals surface area contributed by atoms with Crippen LogP contribution in [0.25, 0.3) is 0 Å². The normalized spacial score (nSPS) is 10.6. The van der Waals surface area contributed by atoms with E-state index in [1.54, 1.807) is 6.20 Å². The molecule has 2 rings (SSSR count). The summed E-state index contributed by atoms with van der Waals surface area (Å²) in [4.78, 5) is 4.25.